The van der Waals surface area contributed by atoms with Gasteiger partial charge in [-0.3, -0.25) is 14.9 Å². The van der Waals surface area contributed by atoms with Gasteiger partial charge in [-0.15, -0.1) is 11.3 Å². The van der Waals surface area contributed by atoms with Gasteiger partial charge in [-0.2, -0.15) is 13.2 Å². The van der Waals surface area contributed by atoms with Gasteiger partial charge in [0.1, 0.15) is 4.70 Å². The summed E-state index contributed by atoms with van der Waals surface area (Å²) < 4.78 is 38.8. The Morgan fingerprint density at radius 1 is 1.16 bits per heavy atom. The molecule has 1 aromatic heterocycles. The molecule has 2 aromatic rings. The van der Waals surface area contributed by atoms with Crippen molar-refractivity contribution in [3.05, 3.63) is 44.1 Å². The summed E-state index contributed by atoms with van der Waals surface area (Å²) in [5.74, 6) is 0. The van der Waals surface area contributed by atoms with Crippen molar-refractivity contribution >= 4 is 32.1 Å². The SMILES string of the molecule is O=c1cc(NC2CCCCC2)sc2c([N+](=O)[O-])cc(C(F)(F)F)cc12. The number of anilines is 1. The Balaban J connectivity index is 2.11. The van der Waals surface area contributed by atoms with E-state index in [2.05, 4.69) is 5.32 Å². The van der Waals surface area contributed by atoms with E-state index in [-0.39, 0.29) is 16.1 Å². The minimum absolute atomic E-state index is 0.0381. The first-order valence-electron chi connectivity index (χ1n) is 7.86. The number of nitro groups is 1. The second kappa shape index (κ2) is 6.62. The van der Waals surface area contributed by atoms with Gasteiger partial charge in [0.2, 0.25) is 0 Å². The Morgan fingerprint density at radius 3 is 2.44 bits per heavy atom. The number of nitrogens with one attached hydrogen (secondary N) is 1. The first kappa shape index (κ1) is 17.7. The fraction of sp³-hybridized carbons (Fsp3) is 0.438. The van der Waals surface area contributed by atoms with Crippen molar-refractivity contribution in [1.82, 2.24) is 0 Å². The summed E-state index contributed by atoms with van der Waals surface area (Å²) in [6.07, 6.45) is 0.402. The lowest BCUT2D eigenvalue weighted by atomic mass is 9.96. The van der Waals surface area contributed by atoms with Crippen LogP contribution >= 0.6 is 11.3 Å². The first-order valence-corrected chi connectivity index (χ1v) is 8.67. The summed E-state index contributed by atoms with van der Waals surface area (Å²) in [5, 5.41) is 14.6. The zero-order chi connectivity index (χ0) is 18.2. The maximum Gasteiger partial charge on any atom is 0.416 e. The smallest absolute Gasteiger partial charge is 0.374 e. The normalized spacial score (nSPS) is 16.1. The Labute approximate surface area is 144 Å². The number of hydrogen-bond acceptors (Lipinski definition) is 5. The van der Waals surface area contributed by atoms with Gasteiger partial charge in [0.05, 0.1) is 15.5 Å². The molecule has 0 radical (unpaired) electrons. The monoisotopic (exact) mass is 372 g/mol. The minimum atomic E-state index is -4.75. The van der Waals surface area contributed by atoms with Gasteiger partial charge < -0.3 is 5.32 Å². The fourth-order valence-corrected chi connectivity index (χ4v) is 4.18. The molecule has 0 aliphatic heterocycles. The molecular formula is C16H15F3N2O3S. The van der Waals surface area contributed by atoms with E-state index in [1.165, 1.54) is 6.07 Å². The number of alkyl halides is 3. The second-order valence-corrected chi connectivity index (χ2v) is 7.13. The van der Waals surface area contributed by atoms with Crippen molar-refractivity contribution in [3.8, 4) is 0 Å². The van der Waals surface area contributed by atoms with E-state index in [0.717, 1.165) is 43.4 Å². The van der Waals surface area contributed by atoms with Crippen LogP contribution in [0.25, 0.3) is 10.1 Å². The van der Waals surface area contributed by atoms with Crippen LogP contribution < -0.4 is 10.7 Å². The highest BCUT2D eigenvalue weighted by molar-refractivity contribution is 7.22. The Bertz CT molecular complexity index is 873. The van der Waals surface area contributed by atoms with Crippen molar-refractivity contribution < 1.29 is 18.1 Å². The summed E-state index contributed by atoms with van der Waals surface area (Å²) in [6, 6.07) is 2.58. The lowest BCUT2D eigenvalue weighted by molar-refractivity contribution is -0.383. The standard InChI is InChI=1S/C16H15F3N2O3S/c17-16(18,19)9-6-11-13(22)8-14(20-10-4-2-1-3-5-10)25-15(11)12(7-9)21(23)24/h6-8,10,20H,1-5H2. The molecule has 0 spiro atoms. The van der Waals surface area contributed by atoms with Crippen LogP contribution in [0.4, 0.5) is 23.9 Å². The summed E-state index contributed by atoms with van der Waals surface area (Å²) in [4.78, 5) is 22.6. The third-order valence-corrected chi connectivity index (χ3v) is 5.37. The lowest BCUT2D eigenvalue weighted by Crippen LogP contribution is -2.22. The van der Waals surface area contributed by atoms with E-state index in [0.29, 0.717) is 17.1 Å². The molecule has 0 bridgehead atoms. The minimum Gasteiger partial charge on any atom is -0.374 e. The summed E-state index contributed by atoms with van der Waals surface area (Å²) in [5.41, 5.74) is -2.54. The molecule has 1 aromatic carbocycles. The predicted octanol–water partition coefficient (Wildman–Crippen LogP) is 4.93. The van der Waals surface area contributed by atoms with Crippen molar-refractivity contribution in [1.29, 1.82) is 0 Å². The van der Waals surface area contributed by atoms with Crippen LogP contribution in [0.5, 0.6) is 0 Å². The van der Waals surface area contributed by atoms with Crippen LogP contribution in [0.1, 0.15) is 37.7 Å². The number of nitrogens with zero attached hydrogens (tertiary/aromatic N) is 1. The first-order chi connectivity index (χ1) is 11.8. The molecule has 3 rings (SSSR count). The van der Waals surface area contributed by atoms with Gasteiger partial charge in [0, 0.05) is 23.6 Å². The van der Waals surface area contributed by atoms with Crippen molar-refractivity contribution in [2.24, 2.45) is 0 Å². The lowest BCUT2D eigenvalue weighted by Gasteiger charge is -2.23. The molecule has 0 atom stereocenters. The predicted molar refractivity (Wildman–Crippen MR) is 90.2 cm³/mol. The van der Waals surface area contributed by atoms with Gasteiger partial charge in [-0.25, -0.2) is 0 Å². The third-order valence-electron chi connectivity index (χ3n) is 4.28. The molecule has 1 aliphatic carbocycles. The number of non-ortho nitro benzene ring substituents is 1. The zero-order valence-corrected chi connectivity index (χ0v) is 13.9. The molecule has 9 heteroatoms. The van der Waals surface area contributed by atoms with Crippen molar-refractivity contribution in [2.45, 2.75) is 44.3 Å². The van der Waals surface area contributed by atoms with E-state index < -0.39 is 27.8 Å². The van der Waals surface area contributed by atoms with Crippen LogP contribution in [0.15, 0.2) is 23.0 Å². The molecule has 0 unspecified atom stereocenters. The maximum absolute atomic E-state index is 12.9. The highest BCUT2D eigenvalue weighted by Crippen LogP contribution is 2.38. The Morgan fingerprint density at radius 2 is 1.84 bits per heavy atom. The number of benzene rings is 1. The molecule has 1 aliphatic rings. The maximum atomic E-state index is 12.9. The van der Waals surface area contributed by atoms with E-state index in [1.807, 2.05) is 0 Å². The number of hydrogen-bond donors (Lipinski definition) is 1. The van der Waals surface area contributed by atoms with Crippen molar-refractivity contribution in [3.63, 3.8) is 0 Å². The average molecular weight is 372 g/mol. The molecular weight excluding hydrogens is 357 g/mol. The van der Waals surface area contributed by atoms with Gasteiger partial charge >= 0.3 is 6.18 Å². The van der Waals surface area contributed by atoms with Crippen LogP contribution in [0.2, 0.25) is 0 Å². The molecule has 25 heavy (non-hydrogen) atoms. The van der Waals surface area contributed by atoms with Gasteiger partial charge in [-0.1, -0.05) is 19.3 Å². The van der Waals surface area contributed by atoms with Gasteiger partial charge in [0.25, 0.3) is 5.69 Å². The molecule has 0 amide bonds. The van der Waals surface area contributed by atoms with Crippen LogP contribution in [-0.4, -0.2) is 11.0 Å². The molecule has 1 fully saturated rings. The molecule has 5 nitrogen and oxygen atoms in total. The molecule has 1 N–H and O–H groups in total. The largest absolute Gasteiger partial charge is 0.416 e. The van der Waals surface area contributed by atoms with Crippen LogP contribution in [0.3, 0.4) is 0 Å². The van der Waals surface area contributed by atoms with E-state index >= 15 is 0 Å². The molecule has 1 heterocycles. The summed E-state index contributed by atoms with van der Waals surface area (Å²) >= 11 is 0.949. The summed E-state index contributed by atoms with van der Waals surface area (Å²) in [6.45, 7) is 0. The van der Waals surface area contributed by atoms with Crippen molar-refractivity contribution in [2.75, 3.05) is 5.32 Å². The number of halogens is 3. The topological polar surface area (TPSA) is 72.2 Å². The van der Waals surface area contributed by atoms with Crippen LogP contribution in [0, 0.1) is 10.1 Å². The number of fused-ring (bicyclic) bond motifs is 1. The van der Waals surface area contributed by atoms with Crippen LogP contribution in [-0.2, 0) is 6.18 Å². The van der Waals surface area contributed by atoms with Gasteiger partial charge in [0.15, 0.2) is 5.43 Å². The summed E-state index contributed by atoms with van der Waals surface area (Å²) in [7, 11) is 0. The average Bonchev–Trinajstić information content (AvgIpc) is 2.54. The highest BCUT2D eigenvalue weighted by Gasteiger charge is 2.34. The highest BCUT2D eigenvalue weighted by atomic mass is 32.1. The van der Waals surface area contributed by atoms with E-state index in [4.69, 9.17) is 0 Å². The second-order valence-electron chi connectivity index (χ2n) is 6.08. The fourth-order valence-electron chi connectivity index (χ4n) is 3.06. The van der Waals surface area contributed by atoms with E-state index in [9.17, 15) is 28.1 Å². The third kappa shape index (κ3) is 3.76. The Kier molecular flexibility index (Phi) is 4.68. The number of nitro benzene ring substituents is 1. The van der Waals surface area contributed by atoms with Gasteiger partial charge in [-0.05, 0) is 18.9 Å². The van der Waals surface area contributed by atoms with E-state index in [1.54, 1.807) is 0 Å². The number of rotatable bonds is 3. The Hall–Kier alpha value is -2.16. The molecule has 1 saturated carbocycles. The molecule has 134 valence electrons. The molecule has 0 saturated heterocycles. The quantitative estimate of drug-likeness (QED) is 0.612. The zero-order valence-electron chi connectivity index (χ0n) is 13.1.